The van der Waals surface area contributed by atoms with Gasteiger partial charge in [-0.2, -0.15) is 0 Å². The van der Waals surface area contributed by atoms with E-state index in [2.05, 4.69) is 49.9 Å². The predicted octanol–water partition coefficient (Wildman–Crippen LogP) is 1.89. The molecule has 3 heteroatoms. The predicted molar refractivity (Wildman–Crippen MR) is 82.4 cm³/mol. The lowest BCUT2D eigenvalue weighted by molar-refractivity contribution is 0.0711. The smallest absolute Gasteiger partial charge is 0.0244 e. The normalized spacial score (nSPS) is 34.6. The maximum atomic E-state index is 3.76. The third-order valence-electron chi connectivity index (χ3n) is 5.05. The van der Waals surface area contributed by atoms with Gasteiger partial charge in [0.2, 0.25) is 0 Å². The van der Waals surface area contributed by atoms with Crippen LogP contribution in [0.15, 0.2) is 0 Å². The van der Waals surface area contributed by atoms with E-state index in [1.165, 1.54) is 39.1 Å². The van der Waals surface area contributed by atoms with Crippen molar-refractivity contribution in [2.75, 3.05) is 39.8 Å². The lowest BCUT2D eigenvalue weighted by Gasteiger charge is -2.44. The van der Waals surface area contributed by atoms with Gasteiger partial charge in [-0.15, -0.1) is 0 Å². The van der Waals surface area contributed by atoms with Crippen molar-refractivity contribution in [1.82, 2.24) is 15.1 Å². The minimum Gasteiger partial charge on any atom is -0.311 e. The van der Waals surface area contributed by atoms with Crippen molar-refractivity contribution in [3.63, 3.8) is 0 Å². The largest absolute Gasteiger partial charge is 0.311 e. The molecule has 2 heterocycles. The van der Waals surface area contributed by atoms with Gasteiger partial charge in [0.15, 0.2) is 0 Å². The van der Waals surface area contributed by atoms with Crippen LogP contribution in [0.1, 0.15) is 34.1 Å². The van der Waals surface area contributed by atoms with Gasteiger partial charge >= 0.3 is 0 Å². The van der Waals surface area contributed by atoms with Crippen molar-refractivity contribution < 1.29 is 0 Å². The van der Waals surface area contributed by atoms with Crippen LogP contribution < -0.4 is 5.32 Å². The van der Waals surface area contributed by atoms with Crippen molar-refractivity contribution in [2.45, 2.75) is 46.2 Å². The van der Waals surface area contributed by atoms with E-state index in [0.29, 0.717) is 6.04 Å². The van der Waals surface area contributed by atoms with Crippen molar-refractivity contribution in [1.29, 1.82) is 0 Å². The zero-order chi connectivity index (χ0) is 14.0. The van der Waals surface area contributed by atoms with E-state index in [9.17, 15) is 0 Å². The van der Waals surface area contributed by atoms with Crippen LogP contribution in [0, 0.1) is 17.8 Å². The second kappa shape index (κ2) is 6.55. The molecular formula is C16H33N3. The lowest BCUT2D eigenvalue weighted by Crippen LogP contribution is -2.60. The summed E-state index contributed by atoms with van der Waals surface area (Å²) in [5.41, 5.74) is 0. The number of hydrogen-bond acceptors (Lipinski definition) is 3. The number of nitrogens with zero attached hydrogens (tertiary/aromatic N) is 2. The van der Waals surface area contributed by atoms with Crippen LogP contribution in [-0.4, -0.2) is 61.7 Å². The molecule has 0 spiro atoms. The van der Waals surface area contributed by atoms with E-state index >= 15 is 0 Å². The molecule has 0 aliphatic carbocycles. The van der Waals surface area contributed by atoms with E-state index in [-0.39, 0.29) is 0 Å². The summed E-state index contributed by atoms with van der Waals surface area (Å²) in [7, 11) is 2.26. The Morgan fingerprint density at radius 2 is 1.84 bits per heavy atom. The molecule has 0 saturated carbocycles. The number of nitrogens with one attached hydrogen (secondary N) is 1. The third-order valence-corrected chi connectivity index (χ3v) is 5.05. The first-order valence-corrected chi connectivity index (χ1v) is 8.13. The van der Waals surface area contributed by atoms with Crippen LogP contribution in [0.2, 0.25) is 0 Å². The van der Waals surface area contributed by atoms with Crippen molar-refractivity contribution in [3.8, 4) is 0 Å². The molecule has 112 valence electrons. The molecule has 0 bridgehead atoms. The maximum Gasteiger partial charge on any atom is 0.0244 e. The molecule has 2 rings (SSSR count). The zero-order valence-electron chi connectivity index (χ0n) is 13.5. The van der Waals surface area contributed by atoms with E-state index in [1.807, 2.05) is 0 Å². The molecule has 0 amide bonds. The van der Waals surface area contributed by atoms with Crippen molar-refractivity contribution in [2.24, 2.45) is 17.8 Å². The second-order valence-electron chi connectivity index (χ2n) is 7.44. The van der Waals surface area contributed by atoms with E-state index in [1.54, 1.807) is 0 Å². The van der Waals surface area contributed by atoms with Gasteiger partial charge in [-0.25, -0.2) is 0 Å². The molecule has 2 aliphatic heterocycles. The second-order valence-corrected chi connectivity index (χ2v) is 7.44. The van der Waals surface area contributed by atoms with Crippen LogP contribution in [0.3, 0.4) is 0 Å². The van der Waals surface area contributed by atoms with Crippen LogP contribution in [0.4, 0.5) is 0 Å². The molecule has 0 aromatic heterocycles. The Labute approximate surface area is 119 Å². The Bertz CT molecular complexity index is 277. The summed E-state index contributed by atoms with van der Waals surface area (Å²) in [4.78, 5) is 5.27. The van der Waals surface area contributed by atoms with E-state index < -0.39 is 0 Å². The van der Waals surface area contributed by atoms with Crippen LogP contribution in [0.25, 0.3) is 0 Å². The highest BCUT2D eigenvalue weighted by Gasteiger charge is 2.33. The standard InChI is InChI=1S/C16H33N3/c1-12(2)15-11-19(16(8-17-15)13(3)4)10-14-6-7-18(5)9-14/h12-17H,6-11H2,1-5H3. The number of hydrogen-bond donors (Lipinski definition) is 1. The summed E-state index contributed by atoms with van der Waals surface area (Å²) in [6.45, 7) is 15.7. The molecule has 19 heavy (non-hydrogen) atoms. The van der Waals surface area contributed by atoms with Crippen molar-refractivity contribution >= 4 is 0 Å². The molecule has 2 fully saturated rings. The highest BCUT2D eigenvalue weighted by atomic mass is 15.2. The van der Waals surface area contributed by atoms with Gasteiger partial charge in [0.25, 0.3) is 0 Å². The number of rotatable bonds is 4. The molecule has 0 aromatic carbocycles. The molecule has 2 saturated heterocycles. The molecule has 3 atom stereocenters. The highest BCUT2D eigenvalue weighted by molar-refractivity contribution is 4.90. The fraction of sp³-hybridized carbons (Fsp3) is 1.00. The Morgan fingerprint density at radius 3 is 2.37 bits per heavy atom. The molecule has 3 nitrogen and oxygen atoms in total. The topological polar surface area (TPSA) is 18.5 Å². The summed E-state index contributed by atoms with van der Waals surface area (Å²) >= 11 is 0. The molecule has 0 aromatic rings. The SMILES string of the molecule is CC(C)C1CN(CC2CCN(C)C2)C(C(C)C)CN1. The summed E-state index contributed by atoms with van der Waals surface area (Å²) in [6, 6.07) is 1.40. The molecule has 2 aliphatic rings. The van der Waals surface area contributed by atoms with Gasteiger partial charge in [-0.3, -0.25) is 4.90 Å². The minimum absolute atomic E-state index is 0.675. The monoisotopic (exact) mass is 267 g/mol. The van der Waals surface area contributed by atoms with Gasteiger partial charge in [0, 0.05) is 38.3 Å². The first-order valence-electron chi connectivity index (χ1n) is 8.13. The minimum atomic E-state index is 0.675. The maximum absolute atomic E-state index is 3.76. The average Bonchev–Trinajstić information content (AvgIpc) is 2.74. The Morgan fingerprint density at radius 1 is 1.11 bits per heavy atom. The van der Waals surface area contributed by atoms with Crippen LogP contribution in [-0.2, 0) is 0 Å². The third kappa shape index (κ3) is 3.93. The summed E-state index contributed by atoms with van der Waals surface area (Å²) in [5, 5.41) is 3.76. The first-order chi connectivity index (χ1) is 8.97. The molecule has 0 radical (unpaired) electrons. The van der Waals surface area contributed by atoms with Crippen LogP contribution >= 0.6 is 0 Å². The Kier molecular flexibility index (Phi) is 5.27. The van der Waals surface area contributed by atoms with Gasteiger partial charge in [0.05, 0.1) is 0 Å². The van der Waals surface area contributed by atoms with Gasteiger partial charge in [-0.1, -0.05) is 27.7 Å². The van der Waals surface area contributed by atoms with Gasteiger partial charge in [0.1, 0.15) is 0 Å². The fourth-order valence-electron chi connectivity index (χ4n) is 3.67. The van der Waals surface area contributed by atoms with Crippen molar-refractivity contribution in [3.05, 3.63) is 0 Å². The fourth-order valence-corrected chi connectivity index (χ4v) is 3.67. The lowest BCUT2D eigenvalue weighted by atomic mass is 9.93. The van der Waals surface area contributed by atoms with Gasteiger partial charge < -0.3 is 10.2 Å². The Hall–Kier alpha value is -0.120. The summed E-state index contributed by atoms with van der Waals surface area (Å²) in [5.74, 6) is 2.37. The number of likely N-dealkylation sites (tertiary alicyclic amines) is 1. The molecule has 1 N–H and O–H groups in total. The Balaban J connectivity index is 1.95. The molecular weight excluding hydrogens is 234 g/mol. The summed E-state index contributed by atoms with van der Waals surface area (Å²) < 4.78 is 0. The first kappa shape index (κ1) is 15.3. The van der Waals surface area contributed by atoms with Gasteiger partial charge in [-0.05, 0) is 37.8 Å². The molecule has 3 unspecified atom stereocenters. The van der Waals surface area contributed by atoms with E-state index in [4.69, 9.17) is 0 Å². The van der Waals surface area contributed by atoms with Crippen LogP contribution in [0.5, 0.6) is 0 Å². The average molecular weight is 267 g/mol. The number of piperazine rings is 1. The highest BCUT2D eigenvalue weighted by Crippen LogP contribution is 2.23. The zero-order valence-corrected chi connectivity index (χ0v) is 13.5. The quantitative estimate of drug-likeness (QED) is 0.839. The summed E-state index contributed by atoms with van der Waals surface area (Å²) in [6.07, 6.45) is 1.39. The van der Waals surface area contributed by atoms with E-state index in [0.717, 1.165) is 23.8 Å².